The van der Waals surface area contributed by atoms with E-state index >= 15 is 0 Å². The highest BCUT2D eigenvalue weighted by molar-refractivity contribution is 5.78. The predicted molar refractivity (Wildman–Crippen MR) is 85.7 cm³/mol. The van der Waals surface area contributed by atoms with Crippen LogP contribution in [0.15, 0.2) is 34.9 Å². The molecule has 7 heteroatoms. The minimum Gasteiger partial charge on any atom is -0.444 e. The van der Waals surface area contributed by atoms with Crippen molar-refractivity contribution in [2.24, 2.45) is 0 Å². The molecule has 0 spiro atoms. The van der Waals surface area contributed by atoms with Crippen LogP contribution in [-0.2, 0) is 11.2 Å². The van der Waals surface area contributed by atoms with E-state index in [9.17, 15) is 9.18 Å². The molecule has 1 amide bonds. The smallest absolute Gasteiger partial charge is 0.228 e. The lowest BCUT2D eigenvalue weighted by atomic mass is 10.2. The molecule has 0 unspecified atom stereocenters. The lowest BCUT2D eigenvalue weighted by Crippen LogP contribution is -2.49. The van der Waals surface area contributed by atoms with E-state index in [1.807, 2.05) is 0 Å². The number of β-amino-alcohol motifs (C(OH)–C–C–N with tert-alkyl or cyclic N) is 1. The average Bonchev–Trinajstić information content (AvgIpc) is 3.05. The van der Waals surface area contributed by atoms with E-state index in [1.54, 1.807) is 17.0 Å². The van der Waals surface area contributed by atoms with E-state index in [-0.39, 0.29) is 24.8 Å². The van der Waals surface area contributed by atoms with Gasteiger partial charge >= 0.3 is 0 Å². The van der Waals surface area contributed by atoms with Gasteiger partial charge in [-0.1, -0.05) is 0 Å². The number of oxazole rings is 1. The number of carbonyl (C=O) groups is 1. The van der Waals surface area contributed by atoms with Crippen LogP contribution in [0.4, 0.5) is 4.39 Å². The maximum atomic E-state index is 12.9. The van der Waals surface area contributed by atoms with Crippen LogP contribution in [0.25, 0.3) is 11.5 Å². The van der Waals surface area contributed by atoms with Gasteiger partial charge in [0.15, 0.2) is 0 Å². The highest BCUT2D eigenvalue weighted by Gasteiger charge is 2.21. The minimum atomic E-state index is -0.318. The summed E-state index contributed by atoms with van der Waals surface area (Å²) in [6, 6.07) is 5.87. The van der Waals surface area contributed by atoms with Gasteiger partial charge in [-0.2, -0.15) is 0 Å². The molecule has 0 radical (unpaired) electrons. The zero-order chi connectivity index (χ0) is 16.9. The number of halogens is 1. The van der Waals surface area contributed by atoms with Gasteiger partial charge in [-0.25, -0.2) is 9.37 Å². The molecule has 1 aromatic carbocycles. The summed E-state index contributed by atoms with van der Waals surface area (Å²) < 4.78 is 18.3. The van der Waals surface area contributed by atoms with Crippen molar-refractivity contribution in [3.8, 4) is 11.5 Å². The number of hydrogen-bond donors (Lipinski definition) is 1. The van der Waals surface area contributed by atoms with E-state index in [4.69, 9.17) is 9.52 Å². The number of aliphatic hydroxyl groups excluding tert-OH is 1. The molecule has 24 heavy (non-hydrogen) atoms. The van der Waals surface area contributed by atoms with Crippen molar-refractivity contribution in [1.82, 2.24) is 14.8 Å². The molecule has 3 rings (SSSR count). The Balaban J connectivity index is 1.57. The zero-order valence-electron chi connectivity index (χ0n) is 13.3. The fraction of sp³-hybridized carbons (Fsp3) is 0.412. The van der Waals surface area contributed by atoms with Crippen molar-refractivity contribution < 1.29 is 18.7 Å². The zero-order valence-corrected chi connectivity index (χ0v) is 13.3. The summed E-state index contributed by atoms with van der Waals surface area (Å²) in [6.45, 7) is 3.63. The number of aliphatic hydroxyl groups is 1. The van der Waals surface area contributed by atoms with E-state index in [0.717, 1.165) is 13.1 Å². The molecule has 128 valence electrons. The van der Waals surface area contributed by atoms with Crippen LogP contribution in [-0.4, -0.2) is 65.1 Å². The number of hydrogen-bond acceptors (Lipinski definition) is 5. The third kappa shape index (κ3) is 3.98. The number of carbonyl (C=O) groups excluding carboxylic acids is 1. The largest absolute Gasteiger partial charge is 0.444 e. The van der Waals surface area contributed by atoms with Gasteiger partial charge in [-0.3, -0.25) is 9.69 Å². The molecule has 1 aliphatic rings. The molecule has 2 heterocycles. The summed E-state index contributed by atoms with van der Waals surface area (Å²) in [7, 11) is 0. The Labute approximate surface area is 139 Å². The molecular formula is C17H20FN3O3. The van der Waals surface area contributed by atoms with E-state index in [2.05, 4.69) is 9.88 Å². The van der Waals surface area contributed by atoms with Crippen molar-refractivity contribution in [3.05, 3.63) is 42.0 Å². The molecule has 1 aromatic heterocycles. The molecular weight excluding hydrogens is 313 g/mol. The first-order chi connectivity index (χ1) is 11.7. The summed E-state index contributed by atoms with van der Waals surface area (Å²) in [5.74, 6) is 0.0733. The Morgan fingerprint density at radius 1 is 1.21 bits per heavy atom. The average molecular weight is 333 g/mol. The standard InChI is InChI=1S/C17H20FN3O3/c18-14-3-1-13(2-4-14)17-19-15(12-24-17)11-16(23)21-7-5-20(6-8-21)9-10-22/h1-4,12,22H,5-11H2. The third-order valence-electron chi connectivity index (χ3n) is 4.12. The van der Waals surface area contributed by atoms with Crippen LogP contribution >= 0.6 is 0 Å². The van der Waals surface area contributed by atoms with Crippen LogP contribution in [0.5, 0.6) is 0 Å². The van der Waals surface area contributed by atoms with Gasteiger partial charge in [-0.15, -0.1) is 0 Å². The van der Waals surface area contributed by atoms with Crippen LogP contribution < -0.4 is 0 Å². The Morgan fingerprint density at radius 2 is 1.92 bits per heavy atom. The Kier molecular flexibility index (Phi) is 5.22. The normalized spacial score (nSPS) is 15.7. The number of nitrogens with zero attached hydrogens (tertiary/aromatic N) is 3. The summed E-state index contributed by atoms with van der Waals surface area (Å²) in [6.07, 6.45) is 1.66. The summed E-state index contributed by atoms with van der Waals surface area (Å²) >= 11 is 0. The molecule has 1 N–H and O–H groups in total. The summed E-state index contributed by atoms with van der Waals surface area (Å²) in [4.78, 5) is 20.6. The highest BCUT2D eigenvalue weighted by Crippen LogP contribution is 2.19. The van der Waals surface area contributed by atoms with Gasteiger partial charge in [0.25, 0.3) is 0 Å². The molecule has 0 bridgehead atoms. The van der Waals surface area contributed by atoms with Crippen LogP contribution in [0.1, 0.15) is 5.69 Å². The van der Waals surface area contributed by atoms with Gasteiger partial charge in [0, 0.05) is 38.3 Å². The Bertz CT molecular complexity index is 679. The molecule has 2 aromatic rings. The monoisotopic (exact) mass is 333 g/mol. The third-order valence-corrected chi connectivity index (χ3v) is 4.12. The quantitative estimate of drug-likeness (QED) is 0.889. The van der Waals surface area contributed by atoms with E-state index in [0.29, 0.717) is 36.8 Å². The first kappa shape index (κ1) is 16.6. The highest BCUT2D eigenvalue weighted by atomic mass is 19.1. The van der Waals surface area contributed by atoms with Gasteiger partial charge in [0.05, 0.1) is 18.7 Å². The second-order valence-electron chi connectivity index (χ2n) is 5.77. The number of amides is 1. The molecule has 0 atom stereocenters. The van der Waals surface area contributed by atoms with E-state index in [1.165, 1.54) is 18.4 Å². The van der Waals surface area contributed by atoms with E-state index < -0.39 is 0 Å². The second-order valence-corrected chi connectivity index (χ2v) is 5.77. The van der Waals surface area contributed by atoms with Gasteiger partial charge in [0.1, 0.15) is 12.1 Å². The number of rotatable bonds is 5. The Hall–Kier alpha value is -2.25. The van der Waals surface area contributed by atoms with Gasteiger partial charge in [-0.05, 0) is 24.3 Å². The summed E-state index contributed by atoms with van der Waals surface area (Å²) in [5.41, 5.74) is 1.24. The fourth-order valence-electron chi connectivity index (χ4n) is 2.74. The summed E-state index contributed by atoms with van der Waals surface area (Å²) in [5, 5.41) is 8.94. The molecule has 0 saturated carbocycles. The topological polar surface area (TPSA) is 69.8 Å². The van der Waals surface area contributed by atoms with Crippen molar-refractivity contribution in [1.29, 1.82) is 0 Å². The molecule has 1 fully saturated rings. The number of aromatic nitrogens is 1. The first-order valence-corrected chi connectivity index (χ1v) is 7.97. The molecule has 6 nitrogen and oxygen atoms in total. The lowest BCUT2D eigenvalue weighted by Gasteiger charge is -2.34. The molecule has 0 aliphatic carbocycles. The van der Waals surface area contributed by atoms with Gasteiger partial charge in [0.2, 0.25) is 11.8 Å². The van der Waals surface area contributed by atoms with Crippen molar-refractivity contribution in [2.75, 3.05) is 39.3 Å². The SMILES string of the molecule is O=C(Cc1coc(-c2ccc(F)cc2)n1)N1CCN(CCO)CC1. The van der Waals surface area contributed by atoms with Crippen molar-refractivity contribution >= 4 is 5.91 Å². The van der Waals surface area contributed by atoms with Crippen molar-refractivity contribution in [2.45, 2.75) is 6.42 Å². The molecule has 1 aliphatic heterocycles. The lowest BCUT2D eigenvalue weighted by molar-refractivity contribution is -0.132. The maximum absolute atomic E-state index is 12.9. The Morgan fingerprint density at radius 3 is 2.58 bits per heavy atom. The number of benzene rings is 1. The maximum Gasteiger partial charge on any atom is 0.228 e. The first-order valence-electron chi connectivity index (χ1n) is 7.97. The second kappa shape index (κ2) is 7.55. The minimum absolute atomic E-state index is 0.0117. The number of piperazine rings is 1. The van der Waals surface area contributed by atoms with Crippen LogP contribution in [0, 0.1) is 5.82 Å². The predicted octanol–water partition coefficient (Wildman–Crippen LogP) is 1.16. The van der Waals surface area contributed by atoms with Crippen LogP contribution in [0.2, 0.25) is 0 Å². The van der Waals surface area contributed by atoms with Crippen LogP contribution in [0.3, 0.4) is 0 Å². The van der Waals surface area contributed by atoms with Gasteiger partial charge < -0.3 is 14.4 Å². The van der Waals surface area contributed by atoms with Crippen molar-refractivity contribution in [3.63, 3.8) is 0 Å². The molecule has 1 saturated heterocycles. The fourth-order valence-corrected chi connectivity index (χ4v) is 2.74.